The molecule has 11 heteroatoms. The minimum atomic E-state index is -1.77. The first-order chi connectivity index (χ1) is 18.1. The summed E-state index contributed by atoms with van der Waals surface area (Å²) in [6.07, 6.45) is 3.37. The van der Waals surface area contributed by atoms with E-state index in [0.29, 0.717) is 39.3 Å². The van der Waals surface area contributed by atoms with Crippen molar-refractivity contribution in [2.45, 2.75) is 63.5 Å². The van der Waals surface area contributed by atoms with Gasteiger partial charge in [-0.3, -0.25) is 9.69 Å². The van der Waals surface area contributed by atoms with Gasteiger partial charge in [-0.15, -0.1) is 0 Å². The van der Waals surface area contributed by atoms with Gasteiger partial charge < -0.3 is 29.7 Å². The van der Waals surface area contributed by atoms with Crippen LogP contribution >= 0.6 is 0 Å². The van der Waals surface area contributed by atoms with Gasteiger partial charge in [0.15, 0.2) is 0 Å². The van der Waals surface area contributed by atoms with Crippen LogP contribution in [0.5, 0.6) is 0 Å². The normalized spacial score (nSPS) is 21.8. The molecule has 206 valence electrons. The van der Waals surface area contributed by atoms with E-state index in [1.54, 1.807) is 11.0 Å². The van der Waals surface area contributed by atoms with Gasteiger partial charge in [0.05, 0.1) is 24.7 Å². The molecule has 10 nitrogen and oxygen atoms in total. The second-order valence-electron chi connectivity index (χ2n) is 10.8. The third kappa shape index (κ3) is 7.80. The molecular formula is C27H39BN4O6. The monoisotopic (exact) mass is 526 g/mol. The zero-order valence-electron chi connectivity index (χ0n) is 22.6. The molecule has 3 rings (SSSR count). The highest BCUT2D eigenvalue weighted by atomic mass is 16.6. The zero-order chi connectivity index (χ0) is 27.8. The standard InChI is InChI=1S/C27H39BN4O6/c1-26(2,31-13-15-37-16-14-31)18-22(19-29)24(33)32-12-8-7-11-27(32,3)20-38-25(34)30-23(28(35)36)17-21-9-5-4-6-10-21/h4-6,9-10,18,23,35-36H,7-8,11-17,20H2,1-3H3,(H,30,34)/t23-,27?/m0/s1. The van der Waals surface area contributed by atoms with E-state index in [-0.39, 0.29) is 24.5 Å². The molecule has 1 aromatic carbocycles. The molecule has 38 heavy (non-hydrogen) atoms. The average Bonchev–Trinajstić information content (AvgIpc) is 2.91. The lowest BCUT2D eigenvalue weighted by atomic mass is 9.76. The predicted molar refractivity (Wildman–Crippen MR) is 143 cm³/mol. The summed E-state index contributed by atoms with van der Waals surface area (Å²) in [6.45, 7) is 8.82. The molecule has 2 amide bonds. The molecule has 0 aromatic heterocycles. The first-order valence-electron chi connectivity index (χ1n) is 13.2. The van der Waals surface area contributed by atoms with Gasteiger partial charge in [-0.2, -0.15) is 5.26 Å². The molecule has 1 aromatic rings. The van der Waals surface area contributed by atoms with Crippen molar-refractivity contribution < 1.29 is 29.1 Å². The van der Waals surface area contributed by atoms with E-state index >= 15 is 0 Å². The minimum absolute atomic E-state index is 0.0606. The lowest BCUT2D eigenvalue weighted by molar-refractivity contribution is -0.136. The largest absolute Gasteiger partial charge is 0.475 e. The van der Waals surface area contributed by atoms with Gasteiger partial charge in [0.25, 0.3) is 5.91 Å². The van der Waals surface area contributed by atoms with E-state index < -0.39 is 30.2 Å². The predicted octanol–water partition coefficient (Wildman–Crippen LogP) is 1.67. The lowest BCUT2D eigenvalue weighted by Gasteiger charge is -2.44. The minimum Gasteiger partial charge on any atom is -0.447 e. The lowest BCUT2D eigenvalue weighted by Crippen LogP contribution is -2.57. The van der Waals surface area contributed by atoms with Crippen LogP contribution in [0.2, 0.25) is 0 Å². The summed E-state index contributed by atoms with van der Waals surface area (Å²) in [5, 5.41) is 32.0. The Labute approximate surface area is 225 Å². The van der Waals surface area contributed by atoms with Crippen LogP contribution in [0.3, 0.4) is 0 Å². The smallest absolute Gasteiger partial charge is 0.447 e. The van der Waals surface area contributed by atoms with Crippen LogP contribution in [0, 0.1) is 11.3 Å². The first-order valence-corrected chi connectivity index (χ1v) is 13.2. The maximum Gasteiger partial charge on any atom is 0.475 e. The maximum absolute atomic E-state index is 13.6. The van der Waals surface area contributed by atoms with Crippen LogP contribution in [0.1, 0.15) is 45.6 Å². The van der Waals surface area contributed by atoms with Gasteiger partial charge in [0, 0.05) is 25.2 Å². The van der Waals surface area contributed by atoms with Crippen molar-refractivity contribution in [2.75, 3.05) is 39.5 Å². The number of hydrogen-bond acceptors (Lipinski definition) is 8. The molecule has 0 bridgehead atoms. The summed E-state index contributed by atoms with van der Waals surface area (Å²) >= 11 is 0. The summed E-state index contributed by atoms with van der Waals surface area (Å²) in [6, 6.07) is 11.3. The van der Waals surface area contributed by atoms with Crippen LogP contribution in [0.25, 0.3) is 0 Å². The molecule has 2 saturated heterocycles. The Bertz CT molecular complexity index is 1020. The third-order valence-corrected chi connectivity index (χ3v) is 7.39. The van der Waals surface area contributed by atoms with Crippen molar-refractivity contribution in [3.8, 4) is 6.07 Å². The maximum atomic E-state index is 13.6. The average molecular weight is 526 g/mol. The Hall–Kier alpha value is -2.91. The van der Waals surface area contributed by atoms with Crippen LogP contribution < -0.4 is 5.32 Å². The number of rotatable bonds is 9. The SMILES string of the molecule is CC(C)(C=C(C#N)C(=O)N1CCCCC1(C)COC(=O)N[C@@H](Cc1ccccc1)B(O)O)N1CCOCC1. The van der Waals surface area contributed by atoms with E-state index in [4.69, 9.17) is 9.47 Å². The second kappa shape index (κ2) is 13.2. The number of hydrogen-bond donors (Lipinski definition) is 3. The number of nitrogens with one attached hydrogen (secondary N) is 1. The van der Waals surface area contributed by atoms with E-state index in [1.165, 1.54) is 0 Å². The van der Waals surface area contributed by atoms with Crippen molar-refractivity contribution in [1.29, 1.82) is 5.26 Å². The first kappa shape index (κ1) is 29.6. The summed E-state index contributed by atoms with van der Waals surface area (Å²) in [4.78, 5) is 30.0. The molecule has 0 radical (unpaired) electrons. The molecule has 2 atom stereocenters. The second-order valence-corrected chi connectivity index (χ2v) is 10.8. The fraction of sp³-hybridized carbons (Fsp3) is 0.593. The Kier molecular flexibility index (Phi) is 10.3. The zero-order valence-corrected chi connectivity index (χ0v) is 22.6. The summed E-state index contributed by atoms with van der Waals surface area (Å²) < 4.78 is 10.9. The van der Waals surface area contributed by atoms with Crippen molar-refractivity contribution in [3.05, 3.63) is 47.5 Å². The Morgan fingerprint density at radius 2 is 1.92 bits per heavy atom. The fourth-order valence-corrected chi connectivity index (χ4v) is 5.06. The number of amides is 2. The number of alkyl carbamates (subject to hydrolysis) is 1. The third-order valence-electron chi connectivity index (χ3n) is 7.39. The van der Waals surface area contributed by atoms with Crippen LogP contribution in [-0.2, 0) is 20.7 Å². The summed E-state index contributed by atoms with van der Waals surface area (Å²) in [5.41, 5.74) is -0.423. The van der Waals surface area contributed by atoms with Crippen molar-refractivity contribution >= 4 is 19.1 Å². The highest BCUT2D eigenvalue weighted by Gasteiger charge is 2.41. The molecule has 3 N–H and O–H groups in total. The molecule has 2 aliphatic rings. The molecule has 0 aliphatic carbocycles. The number of piperidine rings is 1. The number of carbonyl (C=O) groups is 2. The van der Waals surface area contributed by atoms with Crippen molar-refractivity contribution in [3.63, 3.8) is 0 Å². The van der Waals surface area contributed by atoms with E-state index in [0.717, 1.165) is 18.4 Å². The van der Waals surface area contributed by atoms with Crippen LogP contribution in [0.4, 0.5) is 4.79 Å². The molecule has 0 saturated carbocycles. The van der Waals surface area contributed by atoms with Gasteiger partial charge in [-0.05, 0) is 58.1 Å². The van der Waals surface area contributed by atoms with Crippen LogP contribution in [0.15, 0.2) is 42.0 Å². The number of nitriles is 1. The highest BCUT2D eigenvalue weighted by Crippen LogP contribution is 2.31. The van der Waals surface area contributed by atoms with E-state index in [1.807, 2.05) is 51.1 Å². The molecule has 1 unspecified atom stereocenters. The Morgan fingerprint density at radius 3 is 2.55 bits per heavy atom. The Balaban J connectivity index is 1.67. The van der Waals surface area contributed by atoms with Crippen molar-refractivity contribution in [2.24, 2.45) is 0 Å². The fourth-order valence-electron chi connectivity index (χ4n) is 5.06. The highest BCUT2D eigenvalue weighted by molar-refractivity contribution is 6.43. The number of benzene rings is 1. The van der Waals surface area contributed by atoms with Gasteiger partial charge >= 0.3 is 13.2 Å². The number of nitrogens with zero attached hydrogens (tertiary/aromatic N) is 3. The molecule has 2 aliphatic heterocycles. The Morgan fingerprint density at radius 1 is 1.24 bits per heavy atom. The molecule has 2 heterocycles. The molecular weight excluding hydrogens is 487 g/mol. The quantitative estimate of drug-likeness (QED) is 0.251. The van der Waals surface area contributed by atoms with Gasteiger partial charge in [0.1, 0.15) is 18.2 Å². The number of carbonyl (C=O) groups excluding carboxylic acids is 2. The molecule has 2 fully saturated rings. The van der Waals surface area contributed by atoms with Crippen molar-refractivity contribution in [1.82, 2.24) is 15.1 Å². The van der Waals surface area contributed by atoms with Crippen LogP contribution in [-0.4, -0.2) is 95.4 Å². The van der Waals surface area contributed by atoms with E-state index in [2.05, 4.69) is 16.3 Å². The van der Waals surface area contributed by atoms with E-state index in [9.17, 15) is 24.9 Å². The van der Waals surface area contributed by atoms with Gasteiger partial charge in [0.2, 0.25) is 0 Å². The number of morpholine rings is 1. The van der Waals surface area contributed by atoms with Gasteiger partial charge in [-0.1, -0.05) is 30.3 Å². The topological polar surface area (TPSA) is 135 Å². The summed E-state index contributed by atoms with van der Waals surface area (Å²) in [7, 11) is -1.77. The number of ether oxygens (including phenoxy) is 2. The molecule has 0 spiro atoms. The summed E-state index contributed by atoms with van der Waals surface area (Å²) in [5.74, 6) is -1.34. The van der Waals surface area contributed by atoms with Gasteiger partial charge in [-0.25, -0.2) is 4.79 Å². The number of likely N-dealkylation sites (tertiary alicyclic amines) is 1.